The number of rotatable bonds is 5. The number of hydrogen-bond acceptors (Lipinski definition) is 3. The van der Waals surface area contributed by atoms with E-state index in [2.05, 4.69) is 21.2 Å². The van der Waals surface area contributed by atoms with E-state index in [1.54, 1.807) is 24.3 Å². The predicted molar refractivity (Wildman–Crippen MR) is 75.0 cm³/mol. The fourth-order valence-electron chi connectivity index (χ4n) is 1.44. The van der Waals surface area contributed by atoms with E-state index in [9.17, 15) is 9.90 Å². The molecule has 2 atom stereocenters. The van der Waals surface area contributed by atoms with Gasteiger partial charge in [0, 0.05) is 17.0 Å². The van der Waals surface area contributed by atoms with Gasteiger partial charge in [-0.1, -0.05) is 0 Å². The van der Waals surface area contributed by atoms with E-state index in [1.165, 1.54) is 6.08 Å². The van der Waals surface area contributed by atoms with Gasteiger partial charge in [-0.05, 0) is 54.4 Å². The second kappa shape index (κ2) is 6.93. The van der Waals surface area contributed by atoms with Crippen molar-refractivity contribution in [2.75, 3.05) is 0 Å². The lowest BCUT2D eigenvalue weighted by molar-refractivity contribution is -0.117. The largest absolute Gasteiger partial charge is 0.393 e. The van der Waals surface area contributed by atoms with Crippen LogP contribution in [0.4, 0.5) is 0 Å². The maximum absolute atomic E-state index is 11.5. The fraction of sp³-hybridized carbons (Fsp3) is 0.417. The highest BCUT2D eigenvalue weighted by Gasteiger charge is 2.07. The van der Waals surface area contributed by atoms with Gasteiger partial charge >= 0.3 is 0 Å². The highest BCUT2D eigenvalue weighted by atomic mass is 79.9. The van der Waals surface area contributed by atoms with Gasteiger partial charge in [-0.3, -0.25) is 4.79 Å². The van der Waals surface area contributed by atoms with Gasteiger partial charge in [0.25, 0.3) is 0 Å². The molecule has 3 nitrogen and oxygen atoms in total. The molecule has 2 unspecified atom stereocenters. The molecule has 2 N–H and O–H groups in total. The molecule has 1 aromatic rings. The zero-order valence-corrected chi connectivity index (χ0v) is 12.2. The second-order valence-corrected chi connectivity index (χ2v) is 6.46. The van der Waals surface area contributed by atoms with Crippen LogP contribution in [0.2, 0.25) is 0 Å². The first-order valence-electron chi connectivity index (χ1n) is 5.39. The number of nitrogens with one attached hydrogen (secondary N) is 1. The number of halogens is 1. The predicted octanol–water partition coefficient (Wildman–Crippen LogP) is 2.80. The van der Waals surface area contributed by atoms with Crippen molar-refractivity contribution < 1.29 is 9.90 Å². The van der Waals surface area contributed by atoms with Gasteiger partial charge in [-0.2, -0.15) is 0 Å². The number of aliphatic hydroxyl groups excluding tert-OH is 1. The van der Waals surface area contributed by atoms with Crippen molar-refractivity contribution in [1.82, 2.24) is 5.32 Å². The summed E-state index contributed by atoms with van der Waals surface area (Å²) in [4.78, 5) is 12.6. The quantitative estimate of drug-likeness (QED) is 0.820. The highest BCUT2D eigenvalue weighted by Crippen LogP contribution is 2.22. The maximum atomic E-state index is 11.5. The van der Waals surface area contributed by atoms with Crippen LogP contribution in [0.5, 0.6) is 0 Å². The van der Waals surface area contributed by atoms with E-state index in [0.717, 1.165) is 8.66 Å². The Morgan fingerprint density at radius 1 is 1.59 bits per heavy atom. The van der Waals surface area contributed by atoms with Crippen LogP contribution in [0.3, 0.4) is 0 Å². The average molecular weight is 318 g/mol. The topological polar surface area (TPSA) is 49.3 Å². The fourth-order valence-corrected chi connectivity index (χ4v) is 2.76. The van der Waals surface area contributed by atoms with E-state index in [-0.39, 0.29) is 11.9 Å². The summed E-state index contributed by atoms with van der Waals surface area (Å²) in [6.07, 6.45) is 3.45. The van der Waals surface area contributed by atoms with Gasteiger partial charge < -0.3 is 10.4 Å². The standard InChI is InChI=1S/C12H16BrNO2S/c1-8(7-9(2)15)14-12(16)6-4-10-3-5-11(13)17-10/h3-6,8-9,15H,7H2,1-2H3,(H,14,16)/b6-4+. The van der Waals surface area contributed by atoms with Crippen molar-refractivity contribution in [2.45, 2.75) is 32.4 Å². The molecule has 94 valence electrons. The van der Waals surface area contributed by atoms with Crippen molar-refractivity contribution in [3.8, 4) is 0 Å². The van der Waals surface area contributed by atoms with Crippen LogP contribution in [0.15, 0.2) is 22.0 Å². The van der Waals surface area contributed by atoms with Crippen molar-refractivity contribution in [3.63, 3.8) is 0 Å². The van der Waals surface area contributed by atoms with Gasteiger partial charge in [-0.15, -0.1) is 11.3 Å². The number of carbonyl (C=O) groups excluding carboxylic acids is 1. The minimum absolute atomic E-state index is 0.0257. The first-order valence-corrected chi connectivity index (χ1v) is 7.00. The van der Waals surface area contributed by atoms with E-state index in [1.807, 2.05) is 19.1 Å². The summed E-state index contributed by atoms with van der Waals surface area (Å²) in [5, 5.41) is 12.0. The molecule has 0 spiro atoms. The maximum Gasteiger partial charge on any atom is 0.244 e. The van der Waals surface area contributed by atoms with Crippen LogP contribution < -0.4 is 5.32 Å². The summed E-state index contributed by atoms with van der Waals surface area (Å²) in [5.74, 6) is -0.136. The van der Waals surface area contributed by atoms with Gasteiger partial charge in [0.2, 0.25) is 5.91 Å². The molecular weight excluding hydrogens is 302 g/mol. The second-order valence-electron chi connectivity index (χ2n) is 3.97. The summed E-state index contributed by atoms with van der Waals surface area (Å²) in [5.41, 5.74) is 0. The van der Waals surface area contributed by atoms with Crippen molar-refractivity contribution in [3.05, 3.63) is 26.9 Å². The number of carbonyl (C=O) groups is 1. The van der Waals surface area contributed by atoms with Crippen LogP contribution in [0.25, 0.3) is 6.08 Å². The summed E-state index contributed by atoms with van der Waals surface area (Å²) in [7, 11) is 0. The molecule has 0 aliphatic rings. The van der Waals surface area contributed by atoms with E-state index < -0.39 is 6.10 Å². The van der Waals surface area contributed by atoms with E-state index in [4.69, 9.17) is 0 Å². The van der Waals surface area contributed by atoms with E-state index >= 15 is 0 Å². The van der Waals surface area contributed by atoms with Crippen LogP contribution in [0, 0.1) is 0 Å². The van der Waals surface area contributed by atoms with Gasteiger partial charge in [0.1, 0.15) is 0 Å². The third kappa shape index (κ3) is 6.00. The minimum Gasteiger partial charge on any atom is -0.393 e. The summed E-state index contributed by atoms with van der Waals surface area (Å²) in [6, 6.07) is 3.86. The third-order valence-corrected chi connectivity index (χ3v) is 3.67. The van der Waals surface area contributed by atoms with Crippen molar-refractivity contribution in [1.29, 1.82) is 0 Å². The number of aliphatic hydroxyl groups is 1. The van der Waals surface area contributed by atoms with Gasteiger partial charge in [0.05, 0.1) is 9.89 Å². The zero-order chi connectivity index (χ0) is 12.8. The minimum atomic E-state index is -0.400. The number of amides is 1. The molecule has 1 aromatic heterocycles. The Balaban J connectivity index is 2.41. The monoisotopic (exact) mass is 317 g/mol. The smallest absolute Gasteiger partial charge is 0.244 e. The van der Waals surface area contributed by atoms with E-state index in [0.29, 0.717) is 6.42 Å². The zero-order valence-electron chi connectivity index (χ0n) is 9.81. The van der Waals surface area contributed by atoms with Crippen LogP contribution in [0.1, 0.15) is 25.1 Å². The Kier molecular flexibility index (Phi) is 5.88. The average Bonchev–Trinajstić information content (AvgIpc) is 2.59. The summed E-state index contributed by atoms with van der Waals surface area (Å²) < 4.78 is 1.04. The van der Waals surface area contributed by atoms with Gasteiger partial charge in [0.15, 0.2) is 0 Å². The SMILES string of the molecule is CC(O)CC(C)NC(=O)/C=C/c1ccc(Br)s1. The molecule has 17 heavy (non-hydrogen) atoms. The van der Waals surface area contributed by atoms with Crippen LogP contribution in [-0.4, -0.2) is 23.2 Å². The molecule has 5 heteroatoms. The Hall–Kier alpha value is -0.650. The molecule has 1 rings (SSSR count). The lowest BCUT2D eigenvalue weighted by atomic mass is 10.1. The molecule has 0 saturated heterocycles. The lowest BCUT2D eigenvalue weighted by Gasteiger charge is -2.13. The third-order valence-electron chi connectivity index (χ3n) is 2.08. The molecule has 0 bridgehead atoms. The Morgan fingerprint density at radius 2 is 2.29 bits per heavy atom. The Bertz CT molecular complexity index is 401. The molecule has 0 aliphatic carbocycles. The summed E-state index contributed by atoms with van der Waals surface area (Å²) >= 11 is 4.93. The molecule has 0 fully saturated rings. The van der Waals surface area contributed by atoms with Gasteiger partial charge in [-0.25, -0.2) is 0 Å². The molecule has 0 aromatic carbocycles. The molecule has 1 heterocycles. The molecule has 1 amide bonds. The van der Waals surface area contributed by atoms with Crippen molar-refractivity contribution >= 4 is 39.2 Å². The lowest BCUT2D eigenvalue weighted by Crippen LogP contribution is -2.33. The molecular formula is C12H16BrNO2S. The Labute approximate surface area is 114 Å². The first-order chi connectivity index (χ1) is 7.97. The normalized spacial score (nSPS) is 14.8. The molecule has 0 aliphatic heterocycles. The van der Waals surface area contributed by atoms with Crippen LogP contribution in [-0.2, 0) is 4.79 Å². The Morgan fingerprint density at radius 3 is 2.82 bits per heavy atom. The highest BCUT2D eigenvalue weighted by molar-refractivity contribution is 9.11. The summed E-state index contributed by atoms with van der Waals surface area (Å²) in [6.45, 7) is 3.59. The molecule has 0 radical (unpaired) electrons. The number of hydrogen-bond donors (Lipinski definition) is 2. The number of thiophene rings is 1. The van der Waals surface area contributed by atoms with Crippen LogP contribution >= 0.6 is 27.3 Å². The molecule has 0 saturated carbocycles. The van der Waals surface area contributed by atoms with Crippen molar-refractivity contribution in [2.24, 2.45) is 0 Å². The first kappa shape index (κ1) is 14.4.